The molecule has 0 spiro atoms. The van der Waals surface area contributed by atoms with Gasteiger partial charge in [-0.15, -0.1) is 0 Å². The van der Waals surface area contributed by atoms with Crippen molar-refractivity contribution in [3.63, 3.8) is 0 Å². The molecule has 1 heterocycles. The van der Waals surface area contributed by atoms with Crippen molar-refractivity contribution >= 4 is 24.8 Å². The number of aliphatic hydroxyl groups is 1. The summed E-state index contributed by atoms with van der Waals surface area (Å²) in [5.74, 6) is -0.0132. The summed E-state index contributed by atoms with van der Waals surface area (Å²) < 4.78 is 12.6. The molecule has 0 saturated carbocycles. The smallest absolute Gasteiger partial charge is 0.410 e. The molecule has 32 heavy (non-hydrogen) atoms. The molecule has 0 bridgehead atoms. The fourth-order valence-electron chi connectivity index (χ4n) is 4.53. The highest BCUT2D eigenvalue weighted by Crippen LogP contribution is 2.38. The van der Waals surface area contributed by atoms with Crippen molar-refractivity contribution in [2.24, 2.45) is 5.92 Å². The van der Waals surface area contributed by atoms with Crippen LogP contribution in [0.3, 0.4) is 0 Å². The second kappa shape index (κ2) is 9.38. The van der Waals surface area contributed by atoms with Gasteiger partial charge in [-0.2, -0.15) is 0 Å². The lowest BCUT2D eigenvalue weighted by molar-refractivity contribution is -0.0566. The number of likely N-dealkylation sites (tertiary alicyclic amines) is 1. The van der Waals surface area contributed by atoms with Crippen LogP contribution in [0.15, 0.2) is 60.7 Å². The van der Waals surface area contributed by atoms with Crippen LogP contribution < -0.4 is 10.4 Å². The van der Waals surface area contributed by atoms with Crippen molar-refractivity contribution in [1.29, 1.82) is 0 Å². The summed E-state index contributed by atoms with van der Waals surface area (Å²) in [6.07, 6.45) is -0.349. The monoisotopic (exact) mass is 455 g/mol. The molecule has 0 radical (unpaired) electrons. The van der Waals surface area contributed by atoms with E-state index in [2.05, 4.69) is 69.3 Å². The Morgan fingerprint density at radius 3 is 1.88 bits per heavy atom. The minimum atomic E-state index is -2.71. The van der Waals surface area contributed by atoms with E-state index >= 15 is 0 Å². The molecule has 1 amide bonds. The van der Waals surface area contributed by atoms with Gasteiger partial charge in [0.1, 0.15) is 5.60 Å². The van der Waals surface area contributed by atoms with Gasteiger partial charge in [-0.1, -0.05) is 81.4 Å². The van der Waals surface area contributed by atoms with Crippen LogP contribution in [0.25, 0.3) is 0 Å². The molecule has 0 aliphatic carbocycles. The molecule has 1 aliphatic heterocycles. The predicted octanol–water partition coefficient (Wildman–Crippen LogP) is 3.79. The first kappa shape index (κ1) is 24.5. The van der Waals surface area contributed by atoms with Crippen molar-refractivity contribution in [1.82, 2.24) is 4.90 Å². The first-order valence-electron chi connectivity index (χ1n) is 11.3. The van der Waals surface area contributed by atoms with Gasteiger partial charge in [0.05, 0.1) is 12.6 Å². The number of aliphatic hydroxyl groups excluding tert-OH is 1. The van der Waals surface area contributed by atoms with Crippen LogP contribution in [0, 0.1) is 5.92 Å². The van der Waals surface area contributed by atoms with Gasteiger partial charge < -0.3 is 19.2 Å². The Morgan fingerprint density at radius 1 is 0.969 bits per heavy atom. The minimum Gasteiger partial charge on any atom is -0.444 e. The average Bonchev–Trinajstić information content (AvgIpc) is 2.70. The molecule has 1 N–H and O–H groups in total. The molecule has 2 aromatic rings. The molecule has 6 heteroatoms. The number of benzene rings is 2. The van der Waals surface area contributed by atoms with Gasteiger partial charge >= 0.3 is 6.09 Å². The number of ether oxygens (including phenoxy) is 1. The average molecular weight is 456 g/mol. The zero-order valence-electron chi connectivity index (χ0n) is 20.2. The third kappa shape index (κ3) is 4.92. The van der Waals surface area contributed by atoms with Gasteiger partial charge in [0.15, 0.2) is 0 Å². The van der Waals surface area contributed by atoms with Crippen molar-refractivity contribution in [2.45, 2.75) is 58.2 Å². The summed E-state index contributed by atoms with van der Waals surface area (Å²) in [7, 11) is -2.71. The van der Waals surface area contributed by atoms with E-state index in [1.807, 2.05) is 32.9 Å². The molecule has 3 rings (SSSR count). The molecule has 1 aliphatic rings. The Hall–Kier alpha value is -2.15. The lowest BCUT2D eigenvalue weighted by Gasteiger charge is -2.50. The standard InChI is InChI=1S/C26H37NO4Si/c1-25(2,3)31-24(29)27-17-20(18-28)23(27)19-30-32(26(4,5)6,21-13-9-7-10-14-21)22-15-11-8-12-16-22/h7-16,20,23,28H,17-19H2,1-6H3/t20-,23+/m1/s1. The third-order valence-electron chi connectivity index (χ3n) is 6.13. The van der Waals surface area contributed by atoms with E-state index in [9.17, 15) is 9.90 Å². The van der Waals surface area contributed by atoms with Gasteiger partial charge in [-0.3, -0.25) is 0 Å². The molecular formula is C26H37NO4Si. The molecule has 1 fully saturated rings. The molecule has 2 aromatic carbocycles. The minimum absolute atomic E-state index is 0.0132. The van der Waals surface area contributed by atoms with E-state index in [4.69, 9.17) is 9.16 Å². The molecule has 174 valence electrons. The molecule has 1 saturated heterocycles. The number of carbonyl (C=O) groups is 1. The van der Waals surface area contributed by atoms with Gasteiger partial charge in [-0.05, 0) is 36.2 Å². The zero-order valence-corrected chi connectivity index (χ0v) is 21.2. The Kier molecular flexibility index (Phi) is 7.17. The fraction of sp³-hybridized carbons (Fsp3) is 0.500. The number of amides is 1. The van der Waals surface area contributed by atoms with E-state index in [-0.39, 0.29) is 29.7 Å². The van der Waals surface area contributed by atoms with Gasteiger partial charge in [0.2, 0.25) is 0 Å². The summed E-state index contributed by atoms with van der Waals surface area (Å²) in [6.45, 7) is 13.2. The van der Waals surface area contributed by atoms with E-state index in [1.165, 1.54) is 10.4 Å². The second-order valence-corrected chi connectivity index (χ2v) is 14.9. The summed E-state index contributed by atoms with van der Waals surface area (Å²) in [5, 5.41) is 12.1. The number of hydrogen-bond acceptors (Lipinski definition) is 4. The van der Waals surface area contributed by atoms with Crippen LogP contribution in [-0.2, 0) is 9.16 Å². The topological polar surface area (TPSA) is 59.0 Å². The Bertz CT molecular complexity index is 850. The van der Waals surface area contributed by atoms with Crippen LogP contribution in [0.4, 0.5) is 4.79 Å². The van der Waals surface area contributed by atoms with Gasteiger partial charge in [0, 0.05) is 19.1 Å². The fourth-order valence-corrected chi connectivity index (χ4v) is 9.11. The highest BCUT2D eigenvalue weighted by Gasteiger charge is 2.52. The van der Waals surface area contributed by atoms with Crippen molar-refractivity contribution in [3.8, 4) is 0 Å². The summed E-state index contributed by atoms with van der Waals surface area (Å²) in [4.78, 5) is 14.5. The molecule has 0 unspecified atom stereocenters. The van der Waals surface area contributed by atoms with Crippen molar-refractivity contribution < 1.29 is 19.1 Å². The van der Waals surface area contributed by atoms with Gasteiger partial charge in [-0.25, -0.2) is 4.79 Å². The number of carbonyl (C=O) groups excluding carboxylic acids is 1. The van der Waals surface area contributed by atoms with Crippen LogP contribution in [0.5, 0.6) is 0 Å². The third-order valence-corrected chi connectivity index (χ3v) is 11.1. The summed E-state index contributed by atoms with van der Waals surface area (Å²) in [5.41, 5.74) is -0.565. The molecule has 5 nitrogen and oxygen atoms in total. The SMILES string of the molecule is CC(C)(C)OC(=O)N1C[C@H](CO)[C@@H]1CO[Si](c1ccccc1)(c1ccccc1)C(C)(C)C. The maximum atomic E-state index is 12.8. The van der Waals surface area contributed by atoms with Crippen molar-refractivity contribution in [2.75, 3.05) is 19.8 Å². The highest BCUT2D eigenvalue weighted by atomic mass is 28.4. The molecule has 0 aromatic heterocycles. The molecule has 2 atom stereocenters. The first-order valence-corrected chi connectivity index (χ1v) is 13.3. The lowest BCUT2D eigenvalue weighted by atomic mass is 9.90. The Labute approximate surface area is 193 Å². The second-order valence-electron chi connectivity index (χ2n) is 10.6. The zero-order chi connectivity index (χ0) is 23.6. The van der Waals surface area contributed by atoms with Crippen LogP contribution >= 0.6 is 0 Å². The highest BCUT2D eigenvalue weighted by molar-refractivity contribution is 6.99. The molecular weight excluding hydrogens is 418 g/mol. The van der Waals surface area contributed by atoms with Crippen molar-refractivity contribution in [3.05, 3.63) is 60.7 Å². The number of rotatable bonds is 6. The maximum Gasteiger partial charge on any atom is 0.410 e. The largest absolute Gasteiger partial charge is 0.444 e. The Morgan fingerprint density at radius 2 is 1.47 bits per heavy atom. The van der Waals surface area contributed by atoms with Crippen LogP contribution in [-0.4, -0.2) is 55.8 Å². The van der Waals surface area contributed by atoms with E-state index in [1.54, 1.807) is 4.90 Å². The van der Waals surface area contributed by atoms with E-state index in [0.29, 0.717) is 13.2 Å². The quantitative estimate of drug-likeness (QED) is 0.674. The van der Waals surface area contributed by atoms with Gasteiger partial charge in [0.25, 0.3) is 8.32 Å². The Balaban J connectivity index is 1.96. The number of nitrogens with zero attached hydrogens (tertiary/aromatic N) is 1. The van der Waals surface area contributed by atoms with E-state index in [0.717, 1.165) is 0 Å². The van der Waals surface area contributed by atoms with Crippen LogP contribution in [0.2, 0.25) is 5.04 Å². The first-order chi connectivity index (χ1) is 15.0. The maximum absolute atomic E-state index is 12.8. The summed E-state index contributed by atoms with van der Waals surface area (Å²) >= 11 is 0. The van der Waals surface area contributed by atoms with E-state index < -0.39 is 13.9 Å². The number of hydrogen-bond donors (Lipinski definition) is 1. The summed E-state index contributed by atoms with van der Waals surface area (Å²) in [6, 6.07) is 20.7. The van der Waals surface area contributed by atoms with Crippen LogP contribution in [0.1, 0.15) is 41.5 Å². The normalized spacial score (nSPS) is 19.4. The predicted molar refractivity (Wildman–Crippen MR) is 131 cm³/mol. The lowest BCUT2D eigenvalue weighted by Crippen LogP contribution is -2.69.